The zero-order chi connectivity index (χ0) is 14.2. The van der Waals surface area contributed by atoms with Gasteiger partial charge in [0.15, 0.2) is 0 Å². The third-order valence-electron chi connectivity index (χ3n) is 2.72. The van der Waals surface area contributed by atoms with Crippen LogP contribution in [0.15, 0.2) is 23.1 Å². The molecule has 1 heterocycles. The number of hydrogen-bond donors (Lipinski definition) is 3. The van der Waals surface area contributed by atoms with Gasteiger partial charge in [0.25, 0.3) is 0 Å². The third-order valence-corrected chi connectivity index (χ3v) is 4.37. The van der Waals surface area contributed by atoms with Gasteiger partial charge in [-0.3, -0.25) is 4.79 Å². The lowest BCUT2D eigenvalue weighted by Crippen LogP contribution is -2.36. The van der Waals surface area contributed by atoms with Gasteiger partial charge >= 0.3 is 0 Å². The van der Waals surface area contributed by atoms with Gasteiger partial charge in [-0.05, 0) is 39.0 Å². The van der Waals surface area contributed by atoms with Crippen LogP contribution in [-0.2, 0) is 14.8 Å². The van der Waals surface area contributed by atoms with Gasteiger partial charge in [-0.2, -0.15) is 0 Å². The smallest absolute Gasteiger partial charge is 0.246 e. The Kier molecular flexibility index (Phi) is 3.51. The summed E-state index contributed by atoms with van der Waals surface area (Å²) in [4.78, 5) is 11.7. The molecule has 3 N–H and O–H groups in total. The molecular weight excluding hydrogens is 266 g/mol. The second-order valence-electron chi connectivity index (χ2n) is 4.84. The van der Waals surface area contributed by atoms with Gasteiger partial charge in [-0.15, -0.1) is 0 Å². The summed E-state index contributed by atoms with van der Waals surface area (Å²) >= 11 is 0. The van der Waals surface area contributed by atoms with Crippen molar-refractivity contribution >= 4 is 27.3 Å². The number of carbonyl (C=O) groups excluding carboxylic acids is 1. The van der Waals surface area contributed by atoms with Gasteiger partial charge in [-0.1, -0.05) is 0 Å². The predicted octanol–water partition coefficient (Wildman–Crippen LogP) is 1.13. The minimum absolute atomic E-state index is 0.136. The fourth-order valence-electron chi connectivity index (χ4n) is 1.84. The summed E-state index contributed by atoms with van der Waals surface area (Å²) in [5.74, 6) is -0.182. The quantitative estimate of drug-likeness (QED) is 0.776. The standard InChI is InChI=1S/C12H17N3O3S/c1-7(2)15-19(17,18)9-4-5-10-11(6-9)14-12(16)8(3)13-10/h4-8,13,15H,1-3H3,(H,14,16). The Hall–Kier alpha value is -1.60. The SMILES string of the molecule is CC(C)NS(=O)(=O)c1ccc2c(c1)NC(=O)C(C)N2. The van der Waals surface area contributed by atoms with Gasteiger partial charge in [0.1, 0.15) is 6.04 Å². The summed E-state index contributed by atoms with van der Waals surface area (Å²) in [5.41, 5.74) is 1.20. The maximum Gasteiger partial charge on any atom is 0.246 e. The number of anilines is 2. The van der Waals surface area contributed by atoms with Crippen LogP contribution in [0.1, 0.15) is 20.8 Å². The molecule has 0 aromatic heterocycles. The van der Waals surface area contributed by atoms with Gasteiger partial charge in [0.2, 0.25) is 15.9 Å². The highest BCUT2D eigenvalue weighted by Crippen LogP contribution is 2.29. The van der Waals surface area contributed by atoms with Crippen molar-refractivity contribution in [2.45, 2.75) is 37.8 Å². The summed E-state index contributed by atoms with van der Waals surface area (Å²) in [6.45, 7) is 5.24. The van der Waals surface area contributed by atoms with E-state index in [2.05, 4.69) is 15.4 Å². The van der Waals surface area contributed by atoms with E-state index in [1.807, 2.05) is 0 Å². The Morgan fingerprint density at radius 2 is 1.95 bits per heavy atom. The molecule has 19 heavy (non-hydrogen) atoms. The molecule has 104 valence electrons. The van der Waals surface area contributed by atoms with Crippen LogP contribution in [0.5, 0.6) is 0 Å². The van der Waals surface area contributed by atoms with Gasteiger partial charge in [0, 0.05) is 6.04 Å². The molecule has 1 unspecified atom stereocenters. The first-order valence-corrected chi connectivity index (χ1v) is 7.51. The number of rotatable bonds is 3. The molecule has 0 bridgehead atoms. The van der Waals surface area contributed by atoms with Crippen LogP contribution < -0.4 is 15.4 Å². The molecule has 2 rings (SSSR count). The zero-order valence-electron chi connectivity index (χ0n) is 11.0. The molecule has 0 fully saturated rings. The van der Waals surface area contributed by atoms with Crippen LogP contribution >= 0.6 is 0 Å². The van der Waals surface area contributed by atoms with Crippen molar-refractivity contribution in [1.29, 1.82) is 0 Å². The highest BCUT2D eigenvalue weighted by Gasteiger charge is 2.23. The van der Waals surface area contributed by atoms with Crippen molar-refractivity contribution in [2.24, 2.45) is 0 Å². The number of fused-ring (bicyclic) bond motifs is 1. The van der Waals surface area contributed by atoms with Crippen LogP contribution in [0, 0.1) is 0 Å². The first-order valence-electron chi connectivity index (χ1n) is 6.03. The van der Waals surface area contributed by atoms with E-state index >= 15 is 0 Å². The van der Waals surface area contributed by atoms with Crippen molar-refractivity contribution in [2.75, 3.05) is 10.6 Å². The third kappa shape index (κ3) is 2.87. The molecule has 1 aromatic rings. The summed E-state index contributed by atoms with van der Waals surface area (Å²) in [7, 11) is -3.55. The van der Waals surface area contributed by atoms with E-state index in [-0.39, 0.29) is 22.9 Å². The van der Waals surface area contributed by atoms with Crippen LogP contribution in [0.4, 0.5) is 11.4 Å². The van der Waals surface area contributed by atoms with Crippen molar-refractivity contribution < 1.29 is 13.2 Å². The van der Waals surface area contributed by atoms with Crippen molar-refractivity contribution in [3.63, 3.8) is 0 Å². The molecule has 1 atom stereocenters. The second-order valence-corrected chi connectivity index (χ2v) is 6.55. The Bertz CT molecular complexity index is 611. The molecule has 7 heteroatoms. The molecule has 1 amide bonds. The number of sulfonamides is 1. The molecule has 1 aromatic carbocycles. The minimum atomic E-state index is -3.55. The van der Waals surface area contributed by atoms with E-state index in [1.54, 1.807) is 26.8 Å². The Morgan fingerprint density at radius 3 is 2.58 bits per heavy atom. The highest BCUT2D eigenvalue weighted by molar-refractivity contribution is 7.89. The molecule has 6 nitrogen and oxygen atoms in total. The van der Waals surface area contributed by atoms with Crippen molar-refractivity contribution in [1.82, 2.24) is 4.72 Å². The van der Waals surface area contributed by atoms with E-state index in [0.29, 0.717) is 5.69 Å². The number of hydrogen-bond acceptors (Lipinski definition) is 4. The van der Waals surface area contributed by atoms with E-state index in [1.165, 1.54) is 12.1 Å². The van der Waals surface area contributed by atoms with Crippen molar-refractivity contribution in [3.05, 3.63) is 18.2 Å². The Labute approximate surface area is 112 Å². The zero-order valence-corrected chi connectivity index (χ0v) is 11.8. The molecule has 0 radical (unpaired) electrons. The van der Waals surface area contributed by atoms with E-state index in [9.17, 15) is 13.2 Å². The van der Waals surface area contributed by atoms with Crippen LogP contribution in [0.25, 0.3) is 0 Å². The van der Waals surface area contributed by atoms with Crippen LogP contribution in [0.3, 0.4) is 0 Å². The Balaban J connectivity index is 2.37. The normalized spacial score (nSPS) is 18.7. The van der Waals surface area contributed by atoms with Crippen LogP contribution in [-0.4, -0.2) is 26.4 Å². The topological polar surface area (TPSA) is 87.3 Å². The first kappa shape index (κ1) is 13.8. The van der Waals surface area contributed by atoms with Gasteiger partial charge in [0.05, 0.1) is 16.3 Å². The minimum Gasteiger partial charge on any atom is -0.372 e. The summed E-state index contributed by atoms with van der Waals surface area (Å²) in [6, 6.07) is 4.11. The van der Waals surface area contributed by atoms with Crippen molar-refractivity contribution in [3.8, 4) is 0 Å². The average molecular weight is 283 g/mol. The Morgan fingerprint density at radius 1 is 1.26 bits per heavy atom. The summed E-state index contributed by atoms with van der Waals surface area (Å²) < 4.78 is 26.6. The fourth-order valence-corrected chi connectivity index (χ4v) is 3.11. The number of carbonyl (C=O) groups is 1. The number of benzene rings is 1. The van der Waals surface area contributed by atoms with Gasteiger partial charge < -0.3 is 10.6 Å². The van der Waals surface area contributed by atoms with E-state index in [4.69, 9.17) is 0 Å². The lowest BCUT2D eigenvalue weighted by atomic mass is 10.1. The maximum absolute atomic E-state index is 12.0. The molecule has 1 aliphatic rings. The lowest BCUT2D eigenvalue weighted by molar-refractivity contribution is -0.116. The largest absolute Gasteiger partial charge is 0.372 e. The average Bonchev–Trinajstić information content (AvgIpc) is 2.28. The fraction of sp³-hybridized carbons (Fsp3) is 0.417. The number of amides is 1. The second kappa shape index (κ2) is 4.82. The summed E-state index contributed by atoms with van der Waals surface area (Å²) in [6.07, 6.45) is 0. The predicted molar refractivity (Wildman–Crippen MR) is 73.6 cm³/mol. The monoisotopic (exact) mass is 283 g/mol. The molecule has 0 saturated heterocycles. The van der Waals surface area contributed by atoms with Crippen LogP contribution in [0.2, 0.25) is 0 Å². The van der Waals surface area contributed by atoms with E-state index < -0.39 is 10.0 Å². The first-order chi connectivity index (χ1) is 8.79. The number of nitrogens with one attached hydrogen (secondary N) is 3. The highest BCUT2D eigenvalue weighted by atomic mass is 32.2. The van der Waals surface area contributed by atoms with E-state index in [0.717, 1.165) is 5.69 Å². The molecule has 0 saturated carbocycles. The summed E-state index contributed by atoms with van der Waals surface area (Å²) in [5, 5.41) is 5.68. The molecule has 0 spiro atoms. The maximum atomic E-state index is 12.0. The lowest BCUT2D eigenvalue weighted by Gasteiger charge is -2.24. The molecular formula is C12H17N3O3S. The molecule has 0 aliphatic carbocycles. The van der Waals surface area contributed by atoms with Gasteiger partial charge in [-0.25, -0.2) is 13.1 Å². The molecule has 1 aliphatic heterocycles.